The molecule has 4 nitrogen and oxygen atoms in total. The van der Waals surface area contributed by atoms with E-state index in [1.807, 2.05) is 24.3 Å². The highest BCUT2D eigenvalue weighted by molar-refractivity contribution is 9.10. The number of rotatable bonds is 4. The monoisotopic (exact) mass is 332 g/mol. The Hall–Kier alpha value is -2.14. The van der Waals surface area contributed by atoms with Crippen molar-refractivity contribution in [1.82, 2.24) is 4.98 Å². The SMILES string of the molecule is COc1ccc(NC(=O)/C=C/c2ccccc2Br)cn1. The van der Waals surface area contributed by atoms with Crippen molar-refractivity contribution in [3.63, 3.8) is 0 Å². The number of halogens is 1. The first-order chi connectivity index (χ1) is 9.69. The molecule has 1 aromatic carbocycles. The summed E-state index contributed by atoms with van der Waals surface area (Å²) in [5.41, 5.74) is 1.56. The van der Waals surface area contributed by atoms with Crippen molar-refractivity contribution in [2.45, 2.75) is 0 Å². The predicted molar refractivity (Wildman–Crippen MR) is 82.6 cm³/mol. The summed E-state index contributed by atoms with van der Waals surface area (Å²) in [7, 11) is 1.54. The number of benzene rings is 1. The number of pyridine rings is 1. The van der Waals surface area contributed by atoms with E-state index in [0.717, 1.165) is 10.0 Å². The van der Waals surface area contributed by atoms with E-state index in [4.69, 9.17) is 4.74 Å². The summed E-state index contributed by atoms with van der Waals surface area (Å²) in [4.78, 5) is 15.8. The molecule has 0 aliphatic heterocycles. The largest absolute Gasteiger partial charge is 0.481 e. The van der Waals surface area contributed by atoms with E-state index in [9.17, 15) is 4.79 Å². The zero-order valence-corrected chi connectivity index (χ0v) is 12.4. The molecule has 1 heterocycles. The molecule has 0 unspecified atom stereocenters. The predicted octanol–water partition coefficient (Wildman–Crippen LogP) is 3.50. The molecule has 0 aliphatic carbocycles. The van der Waals surface area contributed by atoms with Gasteiger partial charge < -0.3 is 10.1 Å². The molecule has 0 saturated carbocycles. The third-order valence-electron chi connectivity index (χ3n) is 2.53. The van der Waals surface area contributed by atoms with E-state index >= 15 is 0 Å². The normalized spacial score (nSPS) is 10.5. The Kier molecular flexibility index (Phi) is 4.90. The van der Waals surface area contributed by atoms with Crippen molar-refractivity contribution >= 4 is 33.6 Å². The molecule has 0 spiro atoms. The van der Waals surface area contributed by atoms with Crippen LogP contribution in [0.5, 0.6) is 5.88 Å². The second-order valence-corrected chi connectivity index (χ2v) is 4.79. The van der Waals surface area contributed by atoms with Gasteiger partial charge in [0, 0.05) is 16.6 Å². The van der Waals surface area contributed by atoms with Crippen LogP contribution in [-0.4, -0.2) is 18.0 Å². The van der Waals surface area contributed by atoms with Crippen molar-refractivity contribution in [2.24, 2.45) is 0 Å². The van der Waals surface area contributed by atoms with Crippen LogP contribution < -0.4 is 10.1 Å². The second-order valence-electron chi connectivity index (χ2n) is 3.93. The van der Waals surface area contributed by atoms with Gasteiger partial charge in [-0.2, -0.15) is 0 Å². The highest BCUT2D eigenvalue weighted by Gasteiger charge is 2.00. The van der Waals surface area contributed by atoms with Gasteiger partial charge in [0.1, 0.15) is 0 Å². The summed E-state index contributed by atoms with van der Waals surface area (Å²) in [6.45, 7) is 0. The number of amides is 1. The van der Waals surface area contributed by atoms with E-state index in [2.05, 4.69) is 26.2 Å². The quantitative estimate of drug-likeness (QED) is 0.871. The summed E-state index contributed by atoms with van der Waals surface area (Å²) in [6, 6.07) is 11.1. The van der Waals surface area contributed by atoms with Crippen LogP contribution in [-0.2, 0) is 4.79 Å². The number of hydrogen-bond acceptors (Lipinski definition) is 3. The molecule has 0 saturated heterocycles. The molecule has 1 N–H and O–H groups in total. The van der Waals surface area contributed by atoms with Crippen LogP contribution in [0.3, 0.4) is 0 Å². The smallest absolute Gasteiger partial charge is 0.248 e. The van der Waals surface area contributed by atoms with Gasteiger partial charge in [0.2, 0.25) is 11.8 Å². The van der Waals surface area contributed by atoms with Crippen LogP contribution in [0, 0.1) is 0 Å². The van der Waals surface area contributed by atoms with E-state index in [0.29, 0.717) is 11.6 Å². The summed E-state index contributed by atoms with van der Waals surface area (Å²) in [6.07, 6.45) is 4.77. The van der Waals surface area contributed by atoms with Crippen LogP contribution in [0.1, 0.15) is 5.56 Å². The Balaban J connectivity index is 2.00. The van der Waals surface area contributed by atoms with E-state index < -0.39 is 0 Å². The number of aromatic nitrogens is 1. The Bertz CT molecular complexity index is 624. The van der Waals surface area contributed by atoms with E-state index in [1.165, 1.54) is 6.08 Å². The van der Waals surface area contributed by atoms with Crippen molar-refractivity contribution in [3.05, 3.63) is 58.7 Å². The summed E-state index contributed by atoms with van der Waals surface area (Å²) in [5.74, 6) is 0.291. The van der Waals surface area contributed by atoms with Crippen molar-refractivity contribution < 1.29 is 9.53 Å². The fourth-order valence-corrected chi connectivity index (χ4v) is 1.95. The van der Waals surface area contributed by atoms with Crippen LogP contribution in [0.15, 0.2) is 53.1 Å². The number of anilines is 1. The molecule has 0 fully saturated rings. The lowest BCUT2D eigenvalue weighted by atomic mass is 10.2. The van der Waals surface area contributed by atoms with Crippen molar-refractivity contribution in [1.29, 1.82) is 0 Å². The van der Waals surface area contributed by atoms with Gasteiger partial charge >= 0.3 is 0 Å². The molecule has 20 heavy (non-hydrogen) atoms. The molecule has 2 rings (SSSR count). The van der Waals surface area contributed by atoms with Gasteiger partial charge in [-0.3, -0.25) is 4.79 Å². The van der Waals surface area contributed by atoms with Gasteiger partial charge in [-0.1, -0.05) is 34.1 Å². The van der Waals surface area contributed by atoms with Gasteiger partial charge in [-0.05, 0) is 23.8 Å². The lowest BCUT2D eigenvalue weighted by Crippen LogP contribution is -2.07. The molecule has 5 heteroatoms. The summed E-state index contributed by atoms with van der Waals surface area (Å²) in [5, 5.41) is 2.72. The minimum absolute atomic E-state index is 0.215. The van der Waals surface area contributed by atoms with Gasteiger partial charge in [0.15, 0.2) is 0 Å². The number of carbonyl (C=O) groups is 1. The lowest BCUT2D eigenvalue weighted by molar-refractivity contribution is -0.111. The summed E-state index contributed by atoms with van der Waals surface area (Å²) >= 11 is 3.42. The first-order valence-electron chi connectivity index (χ1n) is 5.92. The highest BCUT2D eigenvalue weighted by Crippen LogP contribution is 2.17. The maximum absolute atomic E-state index is 11.8. The van der Waals surface area contributed by atoms with Crippen molar-refractivity contribution in [3.8, 4) is 5.88 Å². The maximum atomic E-state index is 11.8. The Morgan fingerprint density at radius 3 is 2.75 bits per heavy atom. The Morgan fingerprint density at radius 2 is 2.10 bits per heavy atom. The second kappa shape index (κ2) is 6.86. The Morgan fingerprint density at radius 1 is 1.30 bits per heavy atom. The van der Waals surface area contributed by atoms with E-state index in [1.54, 1.807) is 31.5 Å². The van der Waals surface area contributed by atoms with Crippen LogP contribution in [0.2, 0.25) is 0 Å². The number of hydrogen-bond donors (Lipinski definition) is 1. The molecule has 1 aromatic heterocycles. The molecule has 0 atom stereocenters. The average Bonchev–Trinajstić information content (AvgIpc) is 2.47. The molecule has 102 valence electrons. The minimum Gasteiger partial charge on any atom is -0.481 e. The Labute approximate surface area is 125 Å². The minimum atomic E-state index is -0.215. The van der Waals surface area contributed by atoms with Gasteiger partial charge in [0.25, 0.3) is 0 Å². The summed E-state index contributed by atoms with van der Waals surface area (Å²) < 4.78 is 5.89. The average molecular weight is 333 g/mol. The van der Waals surface area contributed by atoms with Crippen LogP contribution in [0.25, 0.3) is 6.08 Å². The number of methoxy groups -OCH3 is 1. The molecule has 0 radical (unpaired) electrons. The topological polar surface area (TPSA) is 51.2 Å². The highest BCUT2D eigenvalue weighted by atomic mass is 79.9. The van der Waals surface area contributed by atoms with E-state index in [-0.39, 0.29) is 5.91 Å². The number of nitrogens with one attached hydrogen (secondary N) is 1. The zero-order chi connectivity index (χ0) is 14.4. The number of ether oxygens (including phenoxy) is 1. The fourth-order valence-electron chi connectivity index (χ4n) is 1.53. The van der Waals surface area contributed by atoms with Crippen LogP contribution in [0.4, 0.5) is 5.69 Å². The molecular formula is C15H13BrN2O2. The first kappa shape index (κ1) is 14.3. The molecule has 0 aliphatic rings. The molecular weight excluding hydrogens is 320 g/mol. The van der Waals surface area contributed by atoms with Crippen LogP contribution >= 0.6 is 15.9 Å². The number of carbonyl (C=O) groups excluding carboxylic acids is 1. The zero-order valence-electron chi connectivity index (χ0n) is 10.8. The van der Waals surface area contributed by atoms with Gasteiger partial charge in [-0.25, -0.2) is 4.98 Å². The maximum Gasteiger partial charge on any atom is 0.248 e. The standard InChI is InChI=1S/C15H13BrN2O2/c1-20-15-9-7-12(10-17-15)18-14(19)8-6-11-4-2-3-5-13(11)16/h2-10H,1H3,(H,18,19)/b8-6+. The lowest BCUT2D eigenvalue weighted by Gasteiger charge is -2.03. The number of nitrogens with zero attached hydrogens (tertiary/aromatic N) is 1. The van der Waals surface area contributed by atoms with Gasteiger partial charge in [0.05, 0.1) is 19.0 Å². The molecule has 1 amide bonds. The first-order valence-corrected chi connectivity index (χ1v) is 6.72. The third kappa shape index (κ3) is 3.93. The fraction of sp³-hybridized carbons (Fsp3) is 0.0667. The third-order valence-corrected chi connectivity index (χ3v) is 3.25. The van der Waals surface area contributed by atoms with Gasteiger partial charge in [-0.15, -0.1) is 0 Å². The molecule has 0 bridgehead atoms. The van der Waals surface area contributed by atoms with Crippen molar-refractivity contribution in [2.75, 3.05) is 12.4 Å². The molecule has 2 aromatic rings.